The van der Waals surface area contributed by atoms with Crippen LogP contribution in [0.1, 0.15) is 21.5 Å². The smallest absolute Gasteiger partial charge is 0.195 e. The molecular weight excluding hydrogens is 314 g/mol. The van der Waals surface area contributed by atoms with E-state index in [0.29, 0.717) is 44.4 Å². The van der Waals surface area contributed by atoms with Gasteiger partial charge >= 0.3 is 0 Å². The lowest BCUT2D eigenvalue weighted by atomic mass is 10.0. The normalized spacial score (nSPS) is 12.9. The average molecular weight is 326 g/mol. The fourth-order valence-electron chi connectivity index (χ4n) is 2.66. The lowest BCUT2D eigenvalue weighted by Gasteiger charge is -2.09. The highest BCUT2D eigenvalue weighted by molar-refractivity contribution is 6.41. The van der Waals surface area contributed by atoms with Crippen LogP contribution in [0.15, 0.2) is 36.4 Å². The van der Waals surface area contributed by atoms with Crippen LogP contribution in [0.2, 0.25) is 5.02 Å². The van der Waals surface area contributed by atoms with E-state index in [-0.39, 0.29) is 5.78 Å². The fraction of sp³-hybridized carbons (Fsp3) is 0.111. The largest absolute Gasteiger partial charge is 0.493 e. The molecule has 0 N–H and O–H groups in total. The van der Waals surface area contributed by atoms with E-state index in [1.807, 2.05) is 0 Å². The molecule has 0 bridgehead atoms. The van der Waals surface area contributed by atoms with E-state index in [9.17, 15) is 10.1 Å². The van der Waals surface area contributed by atoms with Crippen LogP contribution in [0.3, 0.4) is 0 Å². The summed E-state index contributed by atoms with van der Waals surface area (Å²) in [4.78, 5) is 12.8. The molecule has 1 aliphatic rings. The van der Waals surface area contributed by atoms with Crippen LogP contribution in [0.5, 0.6) is 11.5 Å². The minimum absolute atomic E-state index is 0.208. The van der Waals surface area contributed by atoms with Crippen LogP contribution >= 0.6 is 11.6 Å². The van der Waals surface area contributed by atoms with Gasteiger partial charge in [-0.25, -0.2) is 0 Å². The highest BCUT2D eigenvalue weighted by atomic mass is 35.5. The van der Waals surface area contributed by atoms with Gasteiger partial charge in [-0.15, -0.1) is 0 Å². The van der Waals surface area contributed by atoms with Crippen molar-refractivity contribution in [3.63, 3.8) is 0 Å². The van der Waals surface area contributed by atoms with Crippen molar-refractivity contribution >= 4 is 28.5 Å². The maximum atomic E-state index is 12.8. The molecule has 0 fully saturated rings. The standard InChI is InChI=1S/C18H12ClNO3/c1-22-15-7-12-13(8-16(15)23-2)18(21)17(14(12)9-20)10-3-5-11(19)6-4-10/h3-8H,1-2H3. The molecule has 0 aliphatic heterocycles. The molecule has 0 radical (unpaired) electrons. The second kappa shape index (κ2) is 5.79. The Morgan fingerprint density at radius 3 is 2.09 bits per heavy atom. The number of carbonyl (C=O) groups excluding carboxylic acids is 1. The van der Waals surface area contributed by atoms with Gasteiger partial charge in [0.15, 0.2) is 17.3 Å². The van der Waals surface area contributed by atoms with Crippen LogP contribution in [0.25, 0.3) is 11.1 Å². The molecule has 1 aliphatic carbocycles. The molecule has 0 saturated carbocycles. The molecule has 0 amide bonds. The maximum absolute atomic E-state index is 12.8. The van der Waals surface area contributed by atoms with Crippen LogP contribution in [0.4, 0.5) is 0 Å². The van der Waals surface area contributed by atoms with Crippen molar-refractivity contribution in [3.05, 3.63) is 58.1 Å². The number of nitriles is 1. The van der Waals surface area contributed by atoms with Gasteiger partial charge in [0.05, 0.1) is 19.8 Å². The predicted molar refractivity (Wildman–Crippen MR) is 87.8 cm³/mol. The van der Waals surface area contributed by atoms with Crippen LogP contribution in [0, 0.1) is 11.3 Å². The SMILES string of the molecule is COc1cc2c(cc1OC)C(C#N)=C(c1ccc(Cl)cc1)C2=O. The number of nitrogens with zero attached hydrogens (tertiary/aromatic N) is 1. The first-order valence-electron chi connectivity index (χ1n) is 6.82. The van der Waals surface area contributed by atoms with Crippen molar-refractivity contribution in [1.29, 1.82) is 5.26 Å². The molecule has 2 aromatic carbocycles. The van der Waals surface area contributed by atoms with Crippen molar-refractivity contribution in [3.8, 4) is 17.6 Å². The number of fused-ring (bicyclic) bond motifs is 1. The molecule has 4 nitrogen and oxygen atoms in total. The van der Waals surface area contributed by atoms with Gasteiger partial charge in [0.25, 0.3) is 0 Å². The Morgan fingerprint density at radius 1 is 1.00 bits per heavy atom. The summed E-state index contributed by atoms with van der Waals surface area (Å²) >= 11 is 5.89. The van der Waals surface area contributed by atoms with Gasteiger partial charge in [-0.1, -0.05) is 23.7 Å². The maximum Gasteiger partial charge on any atom is 0.195 e. The number of carbonyl (C=O) groups is 1. The Kier molecular flexibility index (Phi) is 3.81. The molecule has 0 unspecified atom stereocenters. The van der Waals surface area contributed by atoms with Gasteiger partial charge in [0.1, 0.15) is 6.07 Å². The van der Waals surface area contributed by atoms with Gasteiger partial charge in [-0.2, -0.15) is 5.26 Å². The minimum Gasteiger partial charge on any atom is -0.493 e. The van der Waals surface area contributed by atoms with Gasteiger partial charge in [-0.3, -0.25) is 4.79 Å². The third kappa shape index (κ3) is 2.36. The first kappa shape index (κ1) is 15.1. The van der Waals surface area contributed by atoms with Crippen molar-refractivity contribution in [2.45, 2.75) is 0 Å². The van der Waals surface area contributed by atoms with Crippen LogP contribution in [-0.4, -0.2) is 20.0 Å². The van der Waals surface area contributed by atoms with Gasteiger partial charge in [0.2, 0.25) is 0 Å². The van der Waals surface area contributed by atoms with E-state index >= 15 is 0 Å². The fourth-order valence-corrected chi connectivity index (χ4v) is 2.79. The molecule has 5 heteroatoms. The van der Waals surface area contributed by atoms with Crippen molar-refractivity contribution in [1.82, 2.24) is 0 Å². The zero-order valence-electron chi connectivity index (χ0n) is 12.5. The Hall–Kier alpha value is -2.77. The number of ketones is 1. The van der Waals surface area contributed by atoms with Crippen molar-refractivity contribution in [2.24, 2.45) is 0 Å². The van der Waals surface area contributed by atoms with Gasteiger partial charge in [-0.05, 0) is 29.8 Å². The average Bonchev–Trinajstić information content (AvgIpc) is 2.85. The quantitative estimate of drug-likeness (QED) is 0.856. The van der Waals surface area contributed by atoms with Crippen LogP contribution < -0.4 is 9.47 Å². The first-order chi connectivity index (χ1) is 11.1. The molecule has 0 aromatic heterocycles. The Labute approximate surface area is 138 Å². The second-order valence-electron chi connectivity index (χ2n) is 4.95. The van der Waals surface area contributed by atoms with E-state index in [1.54, 1.807) is 36.4 Å². The molecule has 0 heterocycles. The van der Waals surface area contributed by atoms with Crippen molar-refractivity contribution in [2.75, 3.05) is 14.2 Å². The number of benzene rings is 2. The minimum atomic E-state index is -0.208. The van der Waals surface area contributed by atoms with Crippen LogP contribution in [-0.2, 0) is 0 Å². The Bertz CT molecular complexity index is 876. The monoisotopic (exact) mass is 325 g/mol. The van der Waals surface area contributed by atoms with E-state index in [2.05, 4.69) is 6.07 Å². The molecule has 3 rings (SSSR count). The van der Waals surface area contributed by atoms with E-state index in [4.69, 9.17) is 21.1 Å². The first-order valence-corrected chi connectivity index (χ1v) is 7.20. The predicted octanol–water partition coefficient (Wildman–Crippen LogP) is 3.99. The summed E-state index contributed by atoms with van der Waals surface area (Å²) in [6.45, 7) is 0. The summed E-state index contributed by atoms with van der Waals surface area (Å²) in [7, 11) is 3.01. The third-order valence-corrected chi connectivity index (χ3v) is 4.01. The van der Waals surface area contributed by atoms with E-state index in [0.717, 1.165) is 0 Å². The Balaban J connectivity index is 2.23. The number of methoxy groups -OCH3 is 2. The molecule has 0 spiro atoms. The summed E-state index contributed by atoms with van der Waals surface area (Å²) in [5.74, 6) is 0.721. The highest BCUT2D eigenvalue weighted by Gasteiger charge is 2.32. The van der Waals surface area contributed by atoms with E-state index in [1.165, 1.54) is 14.2 Å². The van der Waals surface area contributed by atoms with Gasteiger partial charge < -0.3 is 9.47 Å². The molecule has 114 valence electrons. The summed E-state index contributed by atoms with van der Waals surface area (Å²) < 4.78 is 10.5. The zero-order valence-corrected chi connectivity index (χ0v) is 13.3. The number of allylic oxidation sites excluding steroid dienone is 2. The lowest BCUT2D eigenvalue weighted by molar-refractivity contribution is 0.105. The molecule has 23 heavy (non-hydrogen) atoms. The molecule has 0 atom stereocenters. The number of Topliss-reactive ketones (excluding diaryl/α,β-unsaturated/α-hetero) is 1. The number of ether oxygens (including phenoxy) is 2. The number of halogens is 1. The summed E-state index contributed by atoms with van der Waals surface area (Å²) in [5, 5.41) is 10.1. The number of hydrogen-bond donors (Lipinski definition) is 0. The summed E-state index contributed by atoms with van der Waals surface area (Å²) in [5.41, 5.74) is 2.34. The second-order valence-corrected chi connectivity index (χ2v) is 5.39. The molecule has 0 saturated heterocycles. The lowest BCUT2D eigenvalue weighted by Crippen LogP contribution is -2.00. The Morgan fingerprint density at radius 2 is 1.57 bits per heavy atom. The summed E-state index contributed by atoms with van der Waals surface area (Å²) in [6.07, 6.45) is 0. The van der Waals surface area contributed by atoms with Crippen molar-refractivity contribution < 1.29 is 14.3 Å². The number of hydrogen-bond acceptors (Lipinski definition) is 4. The summed E-state index contributed by atoms with van der Waals surface area (Å²) in [6, 6.07) is 12.2. The zero-order chi connectivity index (χ0) is 16.6. The number of rotatable bonds is 3. The molecule has 2 aromatic rings. The topological polar surface area (TPSA) is 59.3 Å². The van der Waals surface area contributed by atoms with E-state index < -0.39 is 0 Å². The molecular formula is C18H12ClNO3. The van der Waals surface area contributed by atoms with Gasteiger partial charge in [0, 0.05) is 21.7 Å². The third-order valence-electron chi connectivity index (χ3n) is 3.76. The highest BCUT2D eigenvalue weighted by Crippen LogP contribution is 2.43.